The van der Waals surface area contributed by atoms with Crippen LogP contribution in [-0.2, 0) is 16.0 Å². The molecule has 7 heteroatoms. The first-order valence-corrected chi connectivity index (χ1v) is 6.62. The molecule has 19 heavy (non-hydrogen) atoms. The zero-order valence-corrected chi connectivity index (χ0v) is 11.6. The van der Waals surface area contributed by atoms with Gasteiger partial charge >= 0.3 is 6.01 Å². The molecule has 0 amide bonds. The molecule has 0 bridgehead atoms. The largest absolute Gasteiger partial charge is 0.407 e. The van der Waals surface area contributed by atoms with E-state index in [1.165, 1.54) is 12.8 Å². The molecule has 0 aliphatic heterocycles. The van der Waals surface area contributed by atoms with Gasteiger partial charge in [-0.1, -0.05) is 5.10 Å². The number of aromatic nitrogens is 2. The molecule has 1 N–H and O–H groups in total. The predicted molar refractivity (Wildman–Crippen MR) is 70.1 cm³/mol. The van der Waals surface area contributed by atoms with Crippen LogP contribution in [0.3, 0.4) is 0 Å². The smallest absolute Gasteiger partial charge is 0.318 e. The van der Waals surface area contributed by atoms with Gasteiger partial charge in [-0.05, 0) is 12.8 Å². The highest BCUT2D eigenvalue weighted by molar-refractivity contribution is 5.29. The first kappa shape index (κ1) is 14.2. The van der Waals surface area contributed by atoms with E-state index in [0.29, 0.717) is 37.7 Å². The van der Waals surface area contributed by atoms with Gasteiger partial charge in [0.1, 0.15) is 0 Å². The van der Waals surface area contributed by atoms with Crippen LogP contribution in [-0.4, -0.2) is 56.8 Å². The Morgan fingerprint density at radius 1 is 1.26 bits per heavy atom. The minimum Gasteiger partial charge on any atom is -0.407 e. The van der Waals surface area contributed by atoms with E-state index in [-0.39, 0.29) is 0 Å². The fraction of sp³-hybridized carbons (Fsp3) is 0.833. The van der Waals surface area contributed by atoms with Gasteiger partial charge in [0.25, 0.3) is 0 Å². The molecular formula is C12H22N4O3. The van der Waals surface area contributed by atoms with E-state index in [0.717, 1.165) is 13.1 Å². The van der Waals surface area contributed by atoms with E-state index in [1.54, 1.807) is 14.2 Å². The number of nitrogens with zero attached hydrogens (tertiary/aromatic N) is 3. The zero-order chi connectivity index (χ0) is 13.5. The van der Waals surface area contributed by atoms with Crippen LogP contribution in [0.1, 0.15) is 18.7 Å². The van der Waals surface area contributed by atoms with Crippen molar-refractivity contribution in [2.24, 2.45) is 0 Å². The normalized spacial score (nSPS) is 14.8. The summed E-state index contributed by atoms with van der Waals surface area (Å²) in [5.41, 5.74) is 0. The third kappa shape index (κ3) is 4.45. The van der Waals surface area contributed by atoms with Gasteiger partial charge in [0, 0.05) is 33.4 Å². The lowest BCUT2D eigenvalue weighted by atomic mass is 10.5. The second-order valence-corrected chi connectivity index (χ2v) is 4.57. The topological polar surface area (TPSA) is 72.7 Å². The standard InChI is InChI=1S/C12H22N4O3/c1-17-7-5-13-9-11-14-15-12(19-11)16(6-8-18-2)10-3-4-10/h10,13H,3-9H2,1-2H3. The van der Waals surface area contributed by atoms with Crippen molar-refractivity contribution in [2.45, 2.75) is 25.4 Å². The van der Waals surface area contributed by atoms with Crippen molar-refractivity contribution in [3.05, 3.63) is 5.89 Å². The minimum absolute atomic E-state index is 0.532. The monoisotopic (exact) mass is 270 g/mol. The second kappa shape index (κ2) is 7.42. The molecule has 0 unspecified atom stereocenters. The lowest BCUT2D eigenvalue weighted by molar-refractivity contribution is 0.198. The lowest BCUT2D eigenvalue weighted by Crippen LogP contribution is -2.29. The van der Waals surface area contributed by atoms with Crippen molar-refractivity contribution in [2.75, 3.05) is 45.4 Å². The van der Waals surface area contributed by atoms with Crippen molar-refractivity contribution in [1.82, 2.24) is 15.5 Å². The van der Waals surface area contributed by atoms with Crippen LogP contribution in [0.4, 0.5) is 6.01 Å². The Bertz CT molecular complexity index is 368. The van der Waals surface area contributed by atoms with Gasteiger partial charge in [-0.2, -0.15) is 0 Å². The summed E-state index contributed by atoms with van der Waals surface area (Å²) >= 11 is 0. The average Bonchev–Trinajstić information content (AvgIpc) is 3.15. The third-order valence-corrected chi connectivity index (χ3v) is 2.99. The zero-order valence-electron chi connectivity index (χ0n) is 11.6. The van der Waals surface area contributed by atoms with Gasteiger partial charge in [-0.25, -0.2) is 0 Å². The molecule has 1 aliphatic carbocycles. The maximum Gasteiger partial charge on any atom is 0.318 e. The number of methoxy groups -OCH3 is 2. The predicted octanol–water partition coefficient (Wildman–Crippen LogP) is 0.421. The molecule has 1 saturated carbocycles. The SMILES string of the molecule is COCCNCc1nnc(N(CCOC)C2CC2)o1. The van der Waals surface area contributed by atoms with Crippen LogP contribution >= 0.6 is 0 Å². The lowest BCUT2D eigenvalue weighted by Gasteiger charge is -2.18. The summed E-state index contributed by atoms with van der Waals surface area (Å²) in [6.07, 6.45) is 2.38. The van der Waals surface area contributed by atoms with Gasteiger partial charge in [0.05, 0.1) is 19.8 Å². The summed E-state index contributed by atoms with van der Waals surface area (Å²) in [5.74, 6) is 0.606. The molecular weight excluding hydrogens is 248 g/mol. The molecule has 108 valence electrons. The molecule has 1 aromatic heterocycles. The van der Waals surface area contributed by atoms with Crippen molar-refractivity contribution in [3.8, 4) is 0 Å². The molecule has 7 nitrogen and oxygen atoms in total. The Morgan fingerprint density at radius 2 is 2.05 bits per heavy atom. The van der Waals surface area contributed by atoms with Gasteiger partial charge in [-0.3, -0.25) is 0 Å². The summed E-state index contributed by atoms with van der Waals surface area (Å²) in [5, 5.41) is 11.3. The molecule has 1 aliphatic rings. The molecule has 1 heterocycles. The van der Waals surface area contributed by atoms with Crippen molar-refractivity contribution in [3.63, 3.8) is 0 Å². The Hall–Kier alpha value is -1.18. The quantitative estimate of drug-likeness (QED) is 0.618. The first-order chi connectivity index (χ1) is 9.35. The fourth-order valence-corrected chi connectivity index (χ4v) is 1.81. The van der Waals surface area contributed by atoms with E-state index in [1.807, 2.05) is 0 Å². The van der Waals surface area contributed by atoms with Gasteiger partial charge < -0.3 is 24.1 Å². The highest BCUT2D eigenvalue weighted by Gasteiger charge is 2.32. The van der Waals surface area contributed by atoms with E-state index in [9.17, 15) is 0 Å². The molecule has 0 aromatic carbocycles. The second-order valence-electron chi connectivity index (χ2n) is 4.57. The van der Waals surface area contributed by atoms with Crippen LogP contribution < -0.4 is 10.2 Å². The summed E-state index contributed by atoms with van der Waals surface area (Å²) in [4.78, 5) is 2.13. The third-order valence-electron chi connectivity index (χ3n) is 2.99. The maximum absolute atomic E-state index is 5.67. The maximum atomic E-state index is 5.67. The highest BCUT2D eigenvalue weighted by Crippen LogP contribution is 2.30. The van der Waals surface area contributed by atoms with E-state index in [4.69, 9.17) is 13.9 Å². The average molecular weight is 270 g/mol. The summed E-state index contributed by atoms with van der Waals surface area (Å²) < 4.78 is 15.7. The fourth-order valence-electron chi connectivity index (χ4n) is 1.81. The van der Waals surface area contributed by atoms with Gasteiger partial charge in [-0.15, -0.1) is 5.10 Å². The van der Waals surface area contributed by atoms with E-state index in [2.05, 4.69) is 20.4 Å². The Morgan fingerprint density at radius 3 is 2.74 bits per heavy atom. The molecule has 0 radical (unpaired) electrons. The molecule has 0 saturated heterocycles. The molecule has 0 spiro atoms. The van der Waals surface area contributed by atoms with E-state index >= 15 is 0 Å². The number of nitrogens with one attached hydrogen (secondary N) is 1. The van der Waals surface area contributed by atoms with Gasteiger partial charge in [0.15, 0.2) is 0 Å². The van der Waals surface area contributed by atoms with Crippen molar-refractivity contribution in [1.29, 1.82) is 0 Å². The van der Waals surface area contributed by atoms with Crippen molar-refractivity contribution < 1.29 is 13.9 Å². The van der Waals surface area contributed by atoms with Crippen molar-refractivity contribution >= 4 is 6.01 Å². The van der Waals surface area contributed by atoms with E-state index < -0.39 is 0 Å². The van der Waals surface area contributed by atoms with Crippen LogP contribution in [0, 0.1) is 0 Å². The Labute approximate surface area is 113 Å². The Kier molecular flexibility index (Phi) is 5.56. The number of ether oxygens (including phenoxy) is 2. The molecule has 0 atom stereocenters. The van der Waals surface area contributed by atoms with Crippen LogP contribution in [0.2, 0.25) is 0 Å². The van der Waals surface area contributed by atoms with Crippen LogP contribution in [0.15, 0.2) is 4.42 Å². The summed E-state index contributed by atoms with van der Waals surface area (Å²) in [6, 6.07) is 1.13. The Balaban J connectivity index is 1.83. The van der Waals surface area contributed by atoms with Gasteiger partial charge in [0.2, 0.25) is 5.89 Å². The van der Waals surface area contributed by atoms with Crippen LogP contribution in [0.5, 0.6) is 0 Å². The summed E-state index contributed by atoms with van der Waals surface area (Å²) in [6.45, 7) is 3.46. The first-order valence-electron chi connectivity index (χ1n) is 6.62. The molecule has 1 fully saturated rings. The number of hydrogen-bond donors (Lipinski definition) is 1. The van der Waals surface area contributed by atoms with Crippen LogP contribution in [0.25, 0.3) is 0 Å². The highest BCUT2D eigenvalue weighted by atomic mass is 16.5. The summed E-state index contributed by atoms with van der Waals surface area (Å²) in [7, 11) is 3.37. The number of rotatable bonds is 10. The molecule has 2 rings (SSSR count). The molecule has 1 aromatic rings. The number of anilines is 1. The number of hydrogen-bond acceptors (Lipinski definition) is 7. The minimum atomic E-state index is 0.532.